The first-order valence-corrected chi connectivity index (χ1v) is 11.7. The number of fused-ring (bicyclic) bond motifs is 1. The number of aliphatic carboxylic acids is 1. The predicted octanol–water partition coefficient (Wildman–Crippen LogP) is 4.18. The molecule has 3 aromatic rings. The van der Waals surface area contributed by atoms with Crippen LogP contribution in [-0.4, -0.2) is 46.5 Å². The third kappa shape index (κ3) is 5.68. The summed E-state index contributed by atoms with van der Waals surface area (Å²) in [5, 5.41) is 15.5. The van der Waals surface area contributed by atoms with Crippen molar-refractivity contribution >= 4 is 34.2 Å². The van der Waals surface area contributed by atoms with Gasteiger partial charge in [0, 0.05) is 30.7 Å². The summed E-state index contributed by atoms with van der Waals surface area (Å²) in [7, 11) is 1.62. The first-order valence-electron chi connectivity index (χ1n) is 11.7. The molecule has 9 heteroatoms. The lowest BCUT2D eigenvalue weighted by Crippen LogP contribution is -2.40. The number of nitrogens with zero attached hydrogens (tertiary/aromatic N) is 1. The number of rotatable bonds is 8. The van der Waals surface area contributed by atoms with Crippen LogP contribution in [0, 0.1) is 5.82 Å². The van der Waals surface area contributed by atoms with Crippen molar-refractivity contribution in [2.75, 3.05) is 24.2 Å². The number of carboxylic acid groups (broad SMARTS) is 1. The summed E-state index contributed by atoms with van der Waals surface area (Å²) in [6.07, 6.45) is 5.18. The molecule has 1 fully saturated rings. The first-order chi connectivity index (χ1) is 16.9. The number of halogens is 1. The molecule has 1 amide bonds. The topological polar surface area (TPSA) is 115 Å². The number of amides is 1. The largest absolute Gasteiger partial charge is 0.480 e. The molecule has 8 nitrogen and oxygen atoms in total. The molecule has 0 bridgehead atoms. The molecular formula is C26H29FN4O4. The smallest absolute Gasteiger partial charge is 0.317 e. The molecule has 184 valence electrons. The highest BCUT2D eigenvalue weighted by atomic mass is 19.1. The number of hydrogen-bond donors (Lipinski definition) is 4. The molecule has 1 aromatic heterocycles. The number of para-hydroxylation sites is 1. The van der Waals surface area contributed by atoms with E-state index in [0.717, 1.165) is 37.7 Å². The van der Waals surface area contributed by atoms with Crippen molar-refractivity contribution in [3.8, 4) is 0 Å². The van der Waals surface area contributed by atoms with Gasteiger partial charge in [0.05, 0.1) is 17.7 Å². The minimum atomic E-state index is -0.895. The Balaban J connectivity index is 1.61. The third-order valence-corrected chi connectivity index (χ3v) is 6.50. The van der Waals surface area contributed by atoms with Crippen LogP contribution in [0.15, 0.2) is 47.3 Å². The number of anilines is 2. The van der Waals surface area contributed by atoms with Gasteiger partial charge in [-0.1, -0.05) is 37.5 Å². The summed E-state index contributed by atoms with van der Waals surface area (Å²) in [6.45, 7) is 0.273. The zero-order chi connectivity index (χ0) is 24.9. The maximum Gasteiger partial charge on any atom is 0.317 e. The zero-order valence-electron chi connectivity index (χ0n) is 19.6. The standard InChI is InChI=1S/C26H29FN4O4/c1-28-22-13-18(27)11-17-12-20(26(35)30-24(17)22)25(34)29-21-10-6-5-7-16(21)14-31(15-23(32)33)19-8-3-2-4-9-19/h5-7,10-13,19,28H,2-4,8-9,14-15H2,1H3,(H,29,34)(H,30,35)(H,32,33). The van der Waals surface area contributed by atoms with Crippen molar-refractivity contribution < 1.29 is 19.1 Å². The van der Waals surface area contributed by atoms with Crippen LogP contribution in [0.25, 0.3) is 10.9 Å². The molecule has 0 saturated heterocycles. The monoisotopic (exact) mass is 480 g/mol. The molecule has 35 heavy (non-hydrogen) atoms. The van der Waals surface area contributed by atoms with Crippen LogP contribution in [0.1, 0.15) is 48.0 Å². The number of carboxylic acids is 1. The average Bonchev–Trinajstić information content (AvgIpc) is 2.84. The van der Waals surface area contributed by atoms with Crippen molar-refractivity contribution in [1.29, 1.82) is 0 Å². The second kappa shape index (κ2) is 10.7. The maximum absolute atomic E-state index is 14.0. The van der Waals surface area contributed by atoms with Gasteiger partial charge in [0.25, 0.3) is 11.5 Å². The highest BCUT2D eigenvalue weighted by Crippen LogP contribution is 2.27. The van der Waals surface area contributed by atoms with Gasteiger partial charge in [-0.2, -0.15) is 0 Å². The lowest BCUT2D eigenvalue weighted by atomic mass is 9.93. The number of carbonyl (C=O) groups excluding carboxylic acids is 1. The number of aromatic amines is 1. The van der Waals surface area contributed by atoms with E-state index in [9.17, 15) is 23.9 Å². The van der Waals surface area contributed by atoms with Gasteiger partial charge in [0.1, 0.15) is 11.4 Å². The molecule has 1 saturated carbocycles. The Kier molecular flexibility index (Phi) is 7.45. The number of pyridine rings is 1. The second-order valence-corrected chi connectivity index (χ2v) is 8.88. The molecule has 1 aliphatic rings. The predicted molar refractivity (Wildman–Crippen MR) is 133 cm³/mol. The lowest BCUT2D eigenvalue weighted by Gasteiger charge is -2.33. The van der Waals surface area contributed by atoms with Crippen molar-refractivity contribution in [3.63, 3.8) is 0 Å². The van der Waals surface area contributed by atoms with Gasteiger partial charge < -0.3 is 20.7 Å². The molecule has 1 heterocycles. The maximum atomic E-state index is 14.0. The molecule has 0 unspecified atom stereocenters. The molecular weight excluding hydrogens is 451 g/mol. The number of hydrogen-bond acceptors (Lipinski definition) is 5. The summed E-state index contributed by atoms with van der Waals surface area (Å²) in [5.74, 6) is -2.02. The van der Waals surface area contributed by atoms with E-state index in [1.807, 2.05) is 17.0 Å². The third-order valence-electron chi connectivity index (χ3n) is 6.50. The van der Waals surface area contributed by atoms with Gasteiger partial charge in [0.15, 0.2) is 0 Å². The lowest BCUT2D eigenvalue weighted by molar-refractivity contribution is -0.139. The van der Waals surface area contributed by atoms with E-state index in [2.05, 4.69) is 15.6 Å². The summed E-state index contributed by atoms with van der Waals surface area (Å²) in [5.41, 5.74) is 1.34. The zero-order valence-corrected chi connectivity index (χ0v) is 19.6. The van der Waals surface area contributed by atoms with Gasteiger partial charge in [-0.3, -0.25) is 19.3 Å². The molecule has 0 atom stereocenters. The molecule has 0 aliphatic heterocycles. The second-order valence-electron chi connectivity index (χ2n) is 8.88. The van der Waals surface area contributed by atoms with E-state index in [0.29, 0.717) is 28.8 Å². The van der Waals surface area contributed by atoms with Crippen molar-refractivity contribution in [2.45, 2.75) is 44.7 Å². The fraction of sp³-hybridized carbons (Fsp3) is 0.346. The fourth-order valence-electron chi connectivity index (χ4n) is 4.77. The Morgan fingerprint density at radius 3 is 2.57 bits per heavy atom. The van der Waals surface area contributed by atoms with Crippen LogP contribution in [0.3, 0.4) is 0 Å². The number of aromatic nitrogens is 1. The Labute approximate surface area is 202 Å². The van der Waals surface area contributed by atoms with Gasteiger partial charge in [-0.05, 0) is 42.7 Å². The van der Waals surface area contributed by atoms with E-state index < -0.39 is 23.3 Å². The average molecular weight is 481 g/mol. The highest BCUT2D eigenvalue weighted by Gasteiger charge is 2.24. The van der Waals surface area contributed by atoms with Gasteiger partial charge >= 0.3 is 5.97 Å². The highest BCUT2D eigenvalue weighted by molar-refractivity contribution is 6.06. The van der Waals surface area contributed by atoms with E-state index in [1.165, 1.54) is 18.2 Å². The van der Waals surface area contributed by atoms with Gasteiger partial charge in [0.2, 0.25) is 0 Å². The minimum Gasteiger partial charge on any atom is -0.480 e. The molecule has 0 radical (unpaired) electrons. The number of H-pyrrole nitrogens is 1. The van der Waals surface area contributed by atoms with Crippen LogP contribution in [0.4, 0.5) is 15.8 Å². The Hall–Kier alpha value is -3.72. The van der Waals surface area contributed by atoms with Gasteiger partial charge in [-0.25, -0.2) is 4.39 Å². The summed E-state index contributed by atoms with van der Waals surface area (Å²) < 4.78 is 14.0. The van der Waals surface area contributed by atoms with E-state index in [-0.39, 0.29) is 18.2 Å². The van der Waals surface area contributed by atoms with Crippen LogP contribution in [0.2, 0.25) is 0 Å². The van der Waals surface area contributed by atoms with Crippen LogP contribution in [0.5, 0.6) is 0 Å². The van der Waals surface area contributed by atoms with Crippen LogP contribution >= 0.6 is 0 Å². The van der Waals surface area contributed by atoms with Crippen molar-refractivity contribution in [2.24, 2.45) is 0 Å². The van der Waals surface area contributed by atoms with Crippen molar-refractivity contribution in [1.82, 2.24) is 9.88 Å². The molecule has 4 rings (SSSR count). The van der Waals surface area contributed by atoms with E-state index >= 15 is 0 Å². The Morgan fingerprint density at radius 2 is 1.86 bits per heavy atom. The van der Waals surface area contributed by atoms with E-state index in [1.54, 1.807) is 19.2 Å². The number of carbonyl (C=O) groups is 2. The fourth-order valence-corrected chi connectivity index (χ4v) is 4.77. The summed E-state index contributed by atoms with van der Waals surface area (Å²) in [6, 6.07) is 11.2. The summed E-state index contributed by atoms with van der Waals surface area (Å²) >= 11 is 0. The Morgan fingerprint density at radius 1 is 1.11 bits per heavy atom. The van der Waals surface area contributed by atoms with E-state index in [4.69, 9.17) is 0 Å². The van der Waals surface area contributed by atoms with Crippen LogP contribution in [-0.2, 0) is 11.3 Å². The van der Waals surface area contributed by atoms with Crippen LogP contribution < -0.4 is 16.2 Å². The van der Waals surface area contributed by atoms with Gasteiger partial charge in [-0.15, -0.1) is 0 Å². The number of nitrogens with one attached hydrogen (secondary N) is 3. The first kappa shape index (κ1) is 24.4. The molecule has 2 aromatic carbocycles. The normalized spacial score (nSPS) is 14.3. The molecule has 0 spiro atoms. The minimum absolute atomic E-state index is 0.0867. The quantitative estimate of drug-likeness (QED) is 0.385. The SMILES string of the molecule is CNc1cc(F)cc2cc(C(=O)Nc3ccccc3CN(CC(=O)O)C3CCCCC3)c(=O)[nH]c12. The molecule has 1 aliphatic carbocycles. The number of benzene rings is 2. The Bertz CT molecular complexity index is 1300. The molecule has 4 N–H and O–H groups in total. The van der Waals surface area contributed by atoms with Crippen molar-refractivity contribution in [3.05, 3.63) is 69.8 Å². The summed E-state index contributed by atoms with van der Waals surface area (Å²) in [4.78, 5) is 41.9.